The maximum Gasteiger partial charge on any atom is 0.191 e. The Balaban J connectivity index is 1.73. The van der Waals surface area contributed by atoms with Crippen molar-refractivity contribution < 1.29 is 13.9 Å². The molecule has 0 saturated carbocycles. The molecule has 0 bridgehead atoms. The van der Waals surface area contributed by atoms with Crippen molar-refractivity contribution in [2.45, 2.75) is 33.4 Å². The van der Waals surface area contributed by atoms with E-state index in [4.69, 9.17) is 13.9 Å². The summed E-state index contributed by atoms with van der Waals surface area (Å²) in [6.45, 7) is 7.48. The van der Waals surface area contributed by atoms with Crippen molar-refractivity contribution >= 4 is 5.96 Å². The summed E-state index contributed by atoms with van der Waals surface area (Å²) in [4.78, 5) is 4.63. The maximum atomic E-state index is 5.58. The van der Waals surface area contributed by atoms with Gasteiger partial charge in [-0.15, -0.1) is 0 Å². The molecule has 0 unspecified atom stereocenters. The van der Waals surface area contributed by atoms with Crippen molar-refractivity contribution in [3.8, 4) is 5.75 Å². The number of ether oxygens (including phenoxy) is 2. The molecular weight excluding hydrogens is 330 g/mol. The highest BCUT2D eigenvalue weighted by Crippen LogP contribution is 2.19. The lowest BCUT2D eigenvalue weighted by molar-refractivity contribution is 0.105. The van der Waals surface area contributed by atoms with Crippen LogP contribution in [-0.4, -0.2) is 32.8 Å². The second kappa shape index (κ2) is 11.2. The summed E-state index contributed by atoms with van der Waals surface area (Å²) in [5, 5.41) is 6.59. The van der Waals surface area contributed by atoms with Crippen LogP contribution in [0.5, 0.6) is 5.75 Å². The van der Waals surface area contributed by atoms with E-state index in [1.54, 1.807) is 13.4 Å². The van der Waals surface area contributed by atoms with Crippen LogP contribution in [-0.2, 0) is 17.9 Å². The fourth-order valence-electron chi connectivity index (χ4n) is 2.42. The molecule has 2 N–H and O–H groups in total. The molecule has 0 amide bonds. The van der Waals surface area contributed by atoms with Gasteiger partial charge in [0.15, 0.2) is 5.96 Å². The van der Waals surface area contributed by atoms with Gasteiger partial charge in [-0.1, -0.05) is 12.1 Å². The molecular formula is C20H29N3O3. The Labute approximate surface area is 155 Å². The molecule has 0 radical (unpaired) electrons. The Morgan fingerprint density at radius 1 is 1.23 bits per heavy atom. The quantitative estimate of drug-likeness (QED) is 0.387. The highest BCUT2D eigenvalue weighted by atomic mass is 16.5. The van der Waals surface area contributed by atoms with Gasteiger partial charge in [-0.25, -0.2) is 4.99 Å². The van der Waals surface area contributed by atoms with Crippen LogP contribution < -0.4 is 15.4 Å². The number of methoxy groups -OCH3 is 1. The summed E-state index contributed by atoms with van der Waals surface area (Å²) in [7, 11) is 1.69. The molecule has 0 saturated heterocycles. The van der Waals surface area contributed by atoms with E-state index in [9.17, 15) is 0 Å². The summed E-state index contributed by atoms with van der Waals surface area (Å²) in [5.74, 6) is 2.55. The first-order valence-corrected chi connectivity index (χ1v) is 8.98. The fraction of sp³-hybridized carbons (Fsp3) is 0.450. The van der Waals surface area contributed by atoms with Crippen molar-refractivity contribution in [1.29, 1.82) is 0 Å². The van der Waals surface area contributed by atoms with E-state index in [1.165, 1.54) is 0 Å². The zero-order chi connectivity index (χ0) is 18.6. The van der Waals surface area contributed by atoms with Gasteiger partial charge in [0.1, 0.15) is 18.1 Å². The van der Waals surface area contributed by atoms with E-state index in [0.717, 1.165) is 48.1 Å². The monoisotopic (exact) mass is 359 g/mol. The van der Waals surface area contributed by atoms with E-state index in [-0.39, 0.29) is 0 Å². The normalized spacial score (nSPS) is 11.4. The summed E-state index contributed by atoms with van der Waals surface area (Å²) in [6.07, 6.45) is 2.55. The molecule has 6 nitrogen and oxygen atoms in total. The number of guanidine groups is 1. The molecule has 0 atom stereocenters. The van der Waals surface area contributed by atoms with Crippen LogP contribution in [0.25, 0.3) is 0 Å². The van der Waals surface area contributed by atoms with Crippen LogP contribution in [0.2, 0.25) is 0 Å². The van der Waals surface area contributed by atoms with E-state index in [2.05, 4.69) is 34.7 Å². The SMILES string of the molecule is CCNC(=NCc1ccc(C)c(OC)c1)NCCCOCc1ccco1. The summed E-state index contributed by atoms with van der Waals surface area (Å²) >= 11 is 0. The number of rotatable bonds is 10. The topological polar surface area (TPSA) is 68.0 Å². The average molecular weight is 359 g/mol. The molecule has 6 heteroatoms. The molecule has 2 aromatic rings. The average Bonchev–Trinajstić information content (AvgIpc) is 3.17. The molecule has 2 rings (SSSR count). The predicted molar refractivity (Wildman–Crippen MR) is 104 cm³/mol. The Morgan fingerprint density at radius 3 is 2.85 bits per heavy atom. The van der Waals surface area contributed by atoms with Crippen LogP contribution >= 0.6 is 0 Å². The molecule has 1 heterocycles. The van der Waals surface area contributed by atoms with E-state index < -0.39 is 0 Å². The standard InChI is InChI=1S/C20H29N3O3/c1-4-21-20(22-10-6-11-25-15-18-7-5-12-26-18)23-14-17-9-8-16(2)19(13-17)24-3/h5,7-9,12-13H,4,6,10-11,14-15H2,1-3H3,(H2,21,22,23). The molecule has 0 spiro atoms. The molecule has 1 aromatic heterocycles. The predicted octanol–water partition coefficient (Wildman–Crippen LogP) is 3.26. The van der Waals surface area contributed by atoms with Gasteiger partial charge in [-0.2, -0.15) is 0 Å². The third-order valence-corrected chi connectivity index (χ3v) is 3.82. The lowest BCUT2D eigenvalue weighted by atomic mass is 10.1. The van der Waals surface area contributed by atoms with E-state index >= 15 is 0 Å². The second-order valence-electron chi connectivity index (χ2n) is 5.91. The second-order valence-corrected chi connectivity index (χ2v) is 5.91. The summed E-state index contributed by atoms with van der Waals surface area (Å²) in [6, 6.07) is 9.94. The number of nitrogens with zero attached hydrogens (tertiary/aromatic N) is 1. The Hall–Kier alpha value is -2.47. The Bertz CT molecular complexity index is 669. The highest BCUT2D eigenvalue weighted by Gasteiger charge is 2.02. The zero-order valence-corrected chi connectivity index (χ0v) is 15.9. The fourth-order valence-corrected chi connectivity index (χ4v) is 2.42. The largest absolute Gasteiger partial charge is 0.496 e. The van der Waals surface area contributed by atoms with Crippen LogP contribution in [0, 0.1) is 6.92 Å². The smallest absolute Gasteiger partial charge is 0.191 e. The van der Waals surface area contributed by atoms with Gasteiger partial charge >= 0.3 is 0 Å². The number of aliphatic imine (C=N–C) groups is 1. The molecule has 0 fully saturated rings. The first kappa shape index (κ1) is 19.8. The van der Waals surface area contributed by atoms with Crippen molar-refractivity contribution in [3.05, 3.63) is 53.5 Å². The van der Waals surface area contributed by atoms with E-state index in [0.29, 0.717) is 19.8 Å². The van der Waals surface area contributed by atoms with Crippen molar-refractivity contribution in [2.24, 2.45) is 4.99 Å². The first-order chi connectivity index (χ1) is 12.7. The number of hydrogen-bond donors (Lipinski definition) is 2. The van der Waals surface area contributed by atoms with Crippen LogP contribution in [0.15, 0.2) is 46.0 Å². The summed E-state index contributed by atoms with van der Waals surface area (Å²) < 4.78 is 16.2. The van der Waals surface area contributed by atoms with Gasteiger partial charge in [0.25, 0.3) is 0 Å². The minimum absolute atomic E-state index is 0.510. The van der Waals surface area contributed by atoms with E-state index in [1.807, 2.05) is 25.1 Å². The third-order valence-electron chi connectivity index (χ3n) is 3.82. The van der Waals surface area contributed by atoms with Crippen LogP contribution in [0.1, 0.15) is 30.2 Å². The molecule has 0 aliphatic heterocycles. The summed E-state index contributed by atoms with van der Waals surface area (Å²) in [5.41, 5.74) is 2.24. The lowest BCUT2D eigenvalue weighted by Crippen LogP contribution is -2.38. The van der Waals surface area contributed by atoms with Gasteiger partial charge in [-0.3, -0.25) is 0 Å². The molecule has 26 heavy (non-hydrogen) atoms. The van der Waals surface area contributed by atoms with Gasteiger partial charge in [0, 0.05) is 19.7 Å². The minimum Gasteiger partial charge on any atom is -0.496 e. The maximum absolute atomic E-state index is 5.58. The van der Waals surface area contributed by atoms with Crippen molar-refractivity contribution in [3.63, 3.8) is 0 Å². The number of benzene rings is 1. The Kier molecular flexibility index (Phi) is 8.55. The first-order valence-electron chi connectivity index (χ1n) is 8.98. The van der Waals surface area contributed by atoms with Gasteiger partial charge in [0.2, 0.25) is 0 Å². The lowest BCUT2D eigenvalue weighted by Gasteiger charge is -2.12. The third kappa shape index (κ3) is 6.80. The van der Waals surface area contributed by atoms with Crippen LogP contribution in [0.4, 0.5) is 0 Å². The number of aryl methyl sites for hydroxylation is 1. The molecule has 1 aromatic carbocycles. The number of nitrogens with one attached hydrogen (secondary N) is 2. The highest BCUT2D eigenvalue weighted by molar-refractivity contribution is 5.79. The Morgan fingerprint density at radius 2 is 2.12 bits per heavy atom. The van der Waals surface area contributed by atoms with Crippen molar-refractivity contribution in [2.75, 3.05) is 26.8 Å². The number of furan rings is 1. The number of hydrogen-bond acceptors (Lipinski definition) is 4. The van der Waals surface area contributed by atoms with Gasteiger partial charge < -0.3 is 24.5 Å². The molecule has 142 valence electrons. The molecule has 0 aliphatic carbocycles. The minimum atomic E-state index is 0.510. The molecule has 0 aliphatic rings. The van der Waals surface area contributed by atoms with Gasteiger partial charge in [-0.05, 0) is 49.6 Å². The zero-order valence-electron chi connectivity index (χ0n) is 15.9. The van der Waals surface area contributed by atoms with Crippen molar-refractivity contribution in [1.82, 2.24) is 10.6 Å². The van der Waals surface area contributed by atoms with Crippen LogP contribution in [0.3, 0.4) is 0 Å². The van der Waals surface area contributed by atoms with Gasteiger partial charge in [0.05, 0.1) is 19.9 Å².